The Hall–Kier alpha value is -0.940. The van der Waals surface area contributed by atoms with Crippen molar-refractivity contribution in [3.63, 3.8) is 0 Å². The van der Waals surface area contributed by atoms with E-state index in [-0.39, 0.29) is 12.4 Å². The highest BCUT2D eigenvalue weighted by Crippen LogP contribution is 2.00. The van der Waals surface area contributed by atoms with Crippen LogP contribution < -0.4 is 0 Å². The lowest BCUT2D eigenvalue weighted by atomic mass is 10.3. The quantitative estimate of drug-likeness (QED) is 0.629. The van der Waals surface area contributed by atoms with Gasteiger partial charge < -0.3 is 4.90 Å². The van der Waals surface area contributed by atoms with E-state index in [1.165, 1.54) is 0 Å². The van der Waals surface area contributed by atoms with Gasteiger partial charge in [0.2, 0.25) is 0 Å². The molecule has 0 saturated carbocycles. The van der Waals surface area contributed by atoms with Crippen LogP contribution in [0.1, 0.15) is 12.8 Å². The van der Waals surface area contributed by atoms with E-state index in [1.54, 1.807) is 0 Å². The van der Waals surface area contributed by atoms with Gasteiger partial charge in [-0.3, -0.25) is 0 Å². The number of nitriles is 1. The zero-order valence-electron chi connectivity index (χ0n) is 6.94. The van der Waals surface area contributed by atoms with Crippen molar-refractivity contribution in [3.05, 3.63) is 24.4 Å². The molecule has 3 heteroatoms. The Kier molecular flexibility index (Phi) is 6.22. The molecule has 0 unspecified atom stereocenters. The summed E-state index contributed by atoms with van der Waals surface area (Å²) in [4.78, 5) is 2.21. The molecule has 0 amide bonds. The van der Waals surface area contributed by atoms with Crippen molar-refractivity contribution < 1.29 is 0 Å². The van der Waals surface area contributed by atoms with Crippen LogP contribution in [0.4, 0.5) is 0 Å². The van der Waals surface area contributed by atoms with E-state index in [9.17, 15) is 0 Å². The van der Waals surface area contributed by atoms with Gasteiger partial charge in [0.05, 0.1) is 6.07 Å². The molecule has 1 aliphatic heterocycles. The van der Waals surface area contributed by atoms with Crippen molar-refractivity contribution in [2.75, 3.05) is 13.1 Å². The molecule has 0 saturated heterocycles. The van der Waals surface area contributed by atoms with Crippen LogP contribution >= 0.6 is 12.4 Å². The van der Waals surface area contributed by atoms with E-state index >= 15 is 0 Å². The highest BCUT2D eigenvalue weighted by Gasteiger charge is 1.97. The highest BCUT2D eigenvalue weighted by molar-refractivity contribution is 5.85. The van der Waals surface area contributed by atoms with E-state index in [0.29, 0.717) is 6.42 Å². The number of rotatable bonds is 3. The fourth-order valence-corrected chi connectivity index (χ4v) is 1.03. The molecule has 0 fully saturated rings. The molecule has 0 aromatic heterocycles. The fraction of sp³-hybridized carbons (Fsp3) is 0.444. The SMILES string of the molecule is Cl.N#CCCCN1C=CC=CC1. The van der Waals surface area contributed by atoms with Gasteiger partial charge in [0.25, 0.3) is 0 Å². The summed E-state index contributed by atoms with van der Waals surface area (Å²) in [5.74, 6) is 0. The number of nitrogens with zero attached hydrogens (tertiary/aromatic N) is 2. The molecular weight excluding hydrogens is 172 g/mol. The normalized spacial score (nSPS) is 13.8. The molecule has 0 aromatic rings. The fourth-order valence-electron chi connectivity index (χ4n) is 1.03. The van der Waals surface area contributed by atoms with Crippen LogP contribution in [0.5, 0.6) is 0 Å². The molecule has 12 heavy (non-hydrogen) atoms. The average molecular weight is 185 g/mol. The molecule has 2 nitrogen and oxygen atoms in total. The molecule has 0 N–H and O–H groups in total. The number of hydrogen-bond donors (Lipinski definition) is 0. The lowest BCUT2D eigenvalue weighted by molar-refractivity contribution is 0.405. The first-order valence-corrected chi connectivity index (χ1v) is 3.88. The minimum absolute atomic E-state index is 0. The number of hydrogen-bond acceptors (Lipinski definition) is 2. The summed E-state index contributed by atoms with van der Waals surface area (Å²) in [5.41, 5.74) is 0. The molecule has 1 heterocycles. The summed E-state index contributed by atoms with van der Waals surface area (Å²) in [5, 5.41) is 8.30. The Morgan fingerprint density at radius 3 is 2.83 bits per heavy atom. The predicted molar refractivity (Wildman–Crippen MR) is 51.9 cm³/mol. The number of allylic oxidation sites excluding steroid dienone is 2. The molecule has 0 aromatic carbocycles. The first-order valence-electron chi connectivity index (χ1n) is 3.88. The van der Waals surface area contributed by atoms with Crippen molar-refractivity contribution in [3.8, 4) is 6.07 Å². The second-order valence-electron chi connectivity index (χ2n) is 2.53. The first-order chi connectivity index (χ1) is 5.43. The van der Waals surface area contributed by atoms with Gasteiger partial charge in [0.15, 0.2) is 0 Å². The van der Waals surface area contributed by atoms with Crippen LogP contribution in [-0.4, -0.2) is 18.0 Å². The summed E-state index contributed by atoms with van der Waals surface area (Å²) in [7, 11) is 0. The summed E-state index contributed by atoms with van der Waals surface area (Å²) in [6.45, 7) is 1.98. The van der Waals surface area contributed by atoms with E-state index in [4.69, 9.17) is 5.26 Å². The minimum atomic E-state index is 0. The third-order valence-electron chi connectivity index (χ3n) is 1.62. The second kappa shape index (κ2) is 6.75. The van der Waals surface area contributed by atoms with Crippen molar-refractivity contribution in [1.29, 1.82) is 5.26 Å². The van der Waals surface area contributed by atoms with Crippen molar-refractivity contribution in [2.45, 2.75) is 12.8 Å². The van der Waals surface area contributed by atoms with Crippen LogP contribution in [0, 0.1) is 11.3 Å². The summed E-state index contributed by atoms with van der Waals surface area (Å²) >= 11 is 0. The summed E-state index contributed by atoms with van der Waals surface area (Å²) < 4.78 is 0. The Bertz CT molecular complexity index is 203. The zero-order chi connectivity index (χ0) is 7.94. The standard InChI is InChI=1S/C9H12N2.ClH/c10-6-2-5-9-11-7-3-1-4-8-11;/h1,3-4,7H,2,5,8-9H2;1H. The first kappa shape index (κ1) is 11.1. The van der Waals surface area contributed by atoms with Gasteiger partial charge in [0.1, 0.15) is 0 Å². The third kappa shape index (κ3) is 4.05. The Balaban J connectivity index is 0.00000121. The maximum absolute atomic E-state index is 8.30. The molecule has 66 valence electrons. The largest absolute Gasteiger partial charge is 0.374 e. The van der Waals surface area contributed by atoms with Crippen LogP contribution in [0.25, 0.3) is 0 Å². The summed E-state index contributed by atoms with van der Waals surface area (Å²) in [6.07, 6.45) is 9.88. The van der Waals surface area contributed by atoms with Gasteiger partial charge >= 0.3 is 0 Å². The van der Waals surface area contributed by atoms with Crippen LogP contribution in [0.15, 0.2) is 24.4 Å². The smallest absolute Gasteiger partial charge is 0.0622 e. The monoisotopic (exact) mass is 184 g/mol. The molecule has 1 aliphatic rings. The van der Waals surface area contributed by atoms with Crippen molar-refractivity contribution in [2.24, 2.45) is 0 Å². The van der Waals surface area contributed by atoms with Gasteiger partial charge in [-0.2, -0.15) is 5.26 Å². The maximum atomic E-state index is 8.30. The Labute approximate surface area is 79.6 Å². The average Bonchev–Trinajstić information content (AvgIpc) is 2.07. The van der Waals surface area contributed by atoms with Gasteiger partial charge in [0, 0.05) is 19.5 Å². The van der Waals surface area contributed by atoms with E-state index in [2.05, 4.69) is 23.2 Å². The predicted octanol–water partition coefficient (Wildman–Crippen LogP) is 2.10. The lowest BCUT2D eigenvalue weighted by Crippen LogP contribution is -2.19. The topological polar surface area (TPSA) is 27.0 Å². The number of unbranched alkanes of at least 4 members (excludes halogenated alkanes) is 1. The molecule has 1 rings (SSSR count). The highest BCUT2D eigenvalue weighted by atomic mass is 35.5. The van der Waals surface area contributed by atoms with Crippen LogP contribution in [-0.2, 0) is 0 Å². The Morgan fingerprint density at radius 2 is 2.25 bits per heavy atom. The van der Waals surface area contributed by atoms with Gasteiger partial charge in [-0.15, -0.1) is 12.4 Å². The lowest BCUT2D eigenvalue weighted by Gasteiger charge is -2.19. The summed E-state index contributed by atoms with van der Waals surface area (Å²) in [6, 6.07) is 2.14. The minimum Gasteiger partial charge on any atom is -0.374 e. The van der Waals surface area contributed by atoms with E-state index < -0.39 is 0 Å². The van der Waals surface area contributed by atoms with Crippen LogP contribution in [0.3, 0.4) is 0 Å². The number of halogens is 1. The Morgan fingerprint density at radius 1 is 1.42 bits per heavy atom. The maximum Gasteiger partial charge on any atom is 0.0622 e. The van der Waals surface area contributed by atoms with Crippen molar-refractivity contribution in [1.82, 2.24) is 4.90 Å². The van der Waals surface area contributed by atoms with E-state index in [0.717, 1.165) is 19.5 Å². The molecule has 0 spiro atoms. The van der Waals surface area contributed by atoms with Gasteiger partial charge in [-0.1, -0.05) is 12.2 Å². The second-order valence-corrected chi connectivity index (χ2v) is 2.53. The van der Waals surface area contributed by atoms with Crippen molar-refractivity contribution >= 4 is 12.4 Å². The molecule has 0 radical (unpaired) electrons. The molecular formula is C9H13ClN2. The molecule has 0 bridgehead atoms. The zero-order valence-corrected chi connectivity index (χ0v) is 7.76. The third-order valence-corrected chi connectivity index (χ3v) is 1.62. The van der Waals surface area contributed by atoms with Gasteiger partial charge in [-0.25, -0.2) is 0 Å². The van der Waals surface area contributed by atoms with Gasteiger partial charge in [-0.05, 0) is 18.7 Å². The molecule has 0 atom stereocenters. The molecule has 0 aliphatic carbocycles. The van der Waals surface area contributed by atoms with E-state index in [1.807, 2.05) is 12.2 Å². The van der Waals surface area contributed by atoms with Crippen LogP contribution in [0.2, 0.25) is 0 Å².